The van der Waals surface area contributed by atoms with Crippen LogP contribution in [0.4, 0.5) is 0 Å². The topological polar surface area (TPSA) is 20.3 Å². The fourth-order valence-corrected chi connectivity index (χ4v) is 3.44. The third kappa shape index (κ3) is 4.84. The van der Waals surface area contributed by atoms with E-state index in [9.17, 15) is 4.79 Å². The Bertz CT molecular complexity index is 540. The normalized spacial score (nSPS) is 20.5. The van der Waals surface area contributed by atoms with Crippen LogP contribution in [-0.4, -0.2) is 23.9 Å². The zero-order valence-corrected chi connectivity index (χ0v) is 16.6. The van der Waals surface area contributed by atoms with Gasteiger partial charge in [0.15, 0.2) is 0 Å². The number of rotatable bonds is 6. The fourth-order valence-electron chi connectivity index (χ4n) is 3.44. The van der Waals surface area contributed by atoms with Gasteiger partial charge in [-0.05, 0) is 40.7 Å². The first-order valence-electron chi connectivity index (χ1n) is 9.48. The lowest BCUT2D eigenvalue weighted by atomic mass is 9.86. The van der Waals surface area contributed by atoms with E-state index in [2.05, 4.69) is 77.6 Å². The zero-order valence-electron chi connectivity index (χ0n) is 16.6. The lowest BCUT2D eigenvalue weighted by Gasteiger charge is -2.26. The molecule has 0 unspecified atom stereocenters. The van der Waals surface area contributed by atoms with Crippen molar-refractivity contribution in [3.05, 3.63) is 35.4 Å². The first-order chi connectivity index (χ1) is 11.1. The van der Waals surface area contributed by atoms with Crippen molar-refractivity contribution in [2.24, 2.45) is 17.8 Å². The van der Waals surface area contributed by atoms with E-state index in [1.54, 1.807) is 0 Å². The van der Waals surface area contributed by atoms with Crippen LogP contribution in [0.15, 0.2) is 24.3 Å². The third-order valence-corrected chi connectivity index (χ3v) is 4.80. The highest BCUT2D eigenvalue weighted by Gasteiger charge is 2.45. The van der Waals surface area contributed by atoms with Crippen molar-refractivity contribution in [2.45, 2.75) is 66.2 Å². The molecular formula is C22H35NO. The minimum absolute atomic E-state index is 0.183. The number of carbonyl (C=O) groups excluding carboxylic acids is 1. The van der Waals surface area contributed by atoms with Crippen LogP contribution in [0.2, 0.25) is 0 Å². The highest BCUT2D eigenvalue weighted by atomic mass is 16.2. The van der Waals surface area contributed by atoms with Crippen LogP contribution in [0.3, 0.4) is 0 Å². The predicted molar refractivity (Wildman–Crippen MR) is 102 cm³/mol. The predicted octanol–water partition coefficient (Wildman–Crippen LogP) is 5.23. The molecule has 24 heavy (non-hydrogen) atoms. The molecule has 0 aliphatic heterocycles. The summed E-state index contributed by atoms with van der Waals surface area (Å²) in [6, 6.07) is 8.92. The van der Waals surface area contributed by atoms with Gasteiger partial charge in [-0.1, -0.05) is 72.7 Å². The zero-order chi connectivity index (χ0) is 18.1. The van der Waals surface area contributed by atoms with Crippen LogP contribution in [0.1, 0.15) is 71.9 Å². The van der Waals surface area contributed by atoms with E-state index >= 15 is 0 Å². The molecule has 0 bridgehead atoms. The van der Waals surface area contributed by atoms with Crippen LogP contribution in [-0.2, 0) is 10.2 Å². The van der Waals surface area contributed by atoms with Crippen molar-refractivity contribution in [1.82, 2.24) is 4.90 Å². The molecule has 1 saturated carbocycles. The molecule has 1 aromatic carbocycles. The van der Waals surface area contributed by atoms with E-state index in [4.69, 9.17) is 0 Å². The number of hydrogen-bond acceptors (Lipinski definition) is 1. The maximum absolute atomic E-state index is 12.9. The Labute approximate surface area is 148 Å². The first kappa shape index (κ1) is 19.0. The molecule has 1 amide bonds. The number of benzene rings is 1. The molecule has 1 aliphatic rings. The first-order valence-corrected chi connectivity index (χ1v) is 9.48. The second-order valence-corrected chi connectivity index (χ2v) is 9.35. The average molecular weight is 330 g/mol. The van der Waals surface area contributed by atoms with Crippen LogP contribution >= 0.6 is 0 Å². The van der Waals surface area contributed by atoms with E-state index in [0.717, 1.165) is 19.5 Å². The van der Waals surface area contributed by atoms with Gasteiger partial charge in [0.05, 0.1) is 0 Å². The van der Waals surface area contributed by atoms with Crippen LogP contribution < -0.4 is 0 Å². The van der Waals surface area contributed by atoms with Gasteiger partial charge in [0.25, 0.3) is 0 Å². The van der Waals surface area contributed by atoms with Crippen molar-refractivity contribution < 1.29 is 4.79 Å². The lowest BCUT2D eigenvalue weighted by Crippen LogP contribution is -2.38. The van der Waals surface area contributed by atoms with Crippen LogP contribution in [0, 0.1) is 17.8 Å². The average Bonchev–Trinajstić information content (AvgIpc) is 3.24. The van der Waals surface area contributed by atoms with Crippen molar-refractivity contribution in [3.63, 3.8) is 0 Å². The SMILES string of the molecule is CC(C)CN(CC(C)C)C(=O)[C@@H]1C[C@H]1c1ccc(C(C)(C)C)cc1. The number of amides is 1. The van der Waals surface area contributed by atoms with E-state index in [-0.39, 0.29) is 11.3 Å². The standard InChI is InChI=1S/C22H35NO/c1-15(2)13-23(14-16(3)4)21(24)20-12-19(20)17-8-10-18(11-9-17)22(5,6)7/h8-11,15-16,19-20H,12-14H2,1-7H3/t19-,20+/m0/s1. The summed E-state index contributed by atoms with van der Waals surface area (Å²) in [5, 5.41) is 0. The monoisotopic (exact) mass is 329 g/mol. The molecule has 0 radical (unpaired) electrons. The Morgan fingerprint density at radius 1 is 1.04 bits per heavy atom. The van der Waals surface area contributed by atoms with Gasteiger partial charge >= 0.3 is 0 Å². The van der Waals surface area contributed by atoms with Crippen LogP contribution in [0.5, 0.6) is 0 Å². The van der Waals surface area contributed by atoms with Gasteiger partial charge in [-0.3, -0.25) is 4.79 Å². The quantitative estimate of drug-likeness (QED) is 0.700. The van der Waals surface area contributed by atoms with Gasteiger partial charge in [0, 0.05) is 19.0 Å². The van der Waals surface area contributed by atoms with Crippen LogP contribution in [0.25, 0.3) is 0 Å². The van der Waals surface area contributed by atoms with Gasteiger partial charge < -0.3 is 4.90 Å². The molecule has 1 aliphatic carbocycles. The maximum Gasteiger partial charge on any atom is 0.226 e. The summed E-state index contributed by atoms with van der Waals surface area (Å²) >= 11 is 0. The number of carbonyl (C=O) groups is 1. The van der Waals surface area contributed by atoms with E-state index in [0.29, 0.717) is 23.7 Å². The molecule has 0 saturated heterocycles. The molecule has 2 rings (SSSR count). The second kappa shape index (κ2) is 7.29. The Kier molecular flexibility index (Phi) is 5.78. The smallest absolute Gasteiger partial charge is 0.226 e. The summed E-state index contributed by atoms with van der Waals surface area (Å²) in [7, 11) is 0. The lowest BCUT2D eigenvalue weighted by molar-refractivity contribution is -0.133. The minimum Gasteiger partial charge on any atom is -0.342 e. The molecule has 0 aromatic heterocycles. The fraction of sp³-hybridized carbons (Fsp3) is 0.682. The maximum atomic E-state index is 12.9. The van der Waals surface area contributed by atoms with Gasteiger partial charge in [-0.25, -0.2) is 0 Å². The molecule has 2 heteroatoms. The summed E-state index contributed by atoms with van der Waals surface area (Å²) in [6.45, 7) is 17.2. The molecule has 0 heterocycles. The van der Waals surface area contributed by atoms with E-state index in [1.807, 2.05) is 0 Å². The number of nitrogens with zero attached hydrogens (tertiary/aromatic N) is 1. The Balaban J connectivity index is 2.03. The summed E-state index contributed by atoms with van der Waals surface area (Å²) in [4.78, 5) is 15.0. The van der Waals surface area contributed by atoms with Crippen molar-refractivity contribution >= 4 is 5.91 Å². The summed E-state index contributed by atoms with van der Waals surface area (Å²) in [5.41, 5.74) is 2.87. The molecular weight excluding hydrogens is 294 g/mol. The molecule has 2 atom stereocenters. The van der Waals surface area contributed by atoms with Gasteiger partial charge in [-0.2, -0.15) is 0 Å². The number of hydrogen-bond donors (Lipinski definition) is 0. The van der Waals surface area contributed by atoms with E-state index < -0.39 is 0 Å². The minimum atomic E-state index is 0.183. The van der Waals surface area contributed by atoms with Gasteiger partial charge in [0.2, 0.25) is 5.91 Å². The Hall–Kier alpha value is -1.31. The Morgan fingerprint density at radius 3 is 1.96 bits per heavy atom. The molecule has 1 aromatic rings. The van der Waals surface area contributed by atoms with Gasteiger partial charge in [0.1, 0.15) is 0 Å². The highest BCUT2D eigenvalue weighted by Crippen LogP contribution is 2.48. The molecule has 134 valence electrons. The second-order valence-electron chi connectivity index (χ2n) is 9.35. The summed E-state index contributed by atoms with van der Waals surface area (Å²) < 4.78 is 0. The van der Waals surface area contributed by atoms with Crippen molar-refractivity contribution in [3.8, 4) is 0 Å². The Morgan fingerprint density at radius 2 is 1.54 bits per heavy atom. The summed E-state index contributed by atoms with van der Waals surface area (Å²) in [5.74, 6) is 2.03. The molecule has 1 fully saturated rings. The highest BCUT2D eigenvalue weighted by molar-refractivity contribution is 5.83. The third-order valence-electron chi connectivity index (χ3n) is 4.80. The largest absolute Gasteiger partial charge is 0.342 e. The van der Waals surface area contributed by atoms with Gasteiger partial charge in [-0.15, -0.1) is 0 Å². The molecule has 0 N–H and O–H groups in total. The summed E-state index contributed by atoms with van der Waals surface area (Å²) in [6.07, 6.45) is 1.01. The van der Waals surface area contributed by atoms with E-state index in [1.165, 1.54) is 11.1 Å². The molecule has 0 spiro atoms. The van der Waals surface area contributed by atoms with Crippen molar-refractivity contribution in [1.29, 1.82) is 0 Å². The van der Waals surface area contributed by atoms with Crippen molar-refractivity contribution in [2.75, 3.05) is 13.1 Å². The molecule has 2 nitrogen and oxygen atoms in total.